The lowest BCUT2D eigenvalue weighted by Gasteiger charge is -2.18. The van der Waals surface area contributed by atoms with E-state index in [0.717, 1.165) is 18.1 Å². The number of nitrogens with two attached hydrogens (primary N) is 1. The second kappa shape index (κ2) is 4.84. The van der Waals surface area contributed by atoms with E-state index in [0.29, 0.717) is 12.5 Å². The topological polar surface area (TPSA) is 52.0 Å². The minimum atomic E-state index is 0.593. The molecule has 4 heteroatoms. The van der Waals surface area contributed by atoms with E-state index in [9.17, 15) is 0 Å². The van der Waals surface area contributed by atoms with Gasteiger partial charge in [0.15, 0.2) is 5.89 Å². The summed E-state index contributed by atoms with van der Waals surface area (Å²) < 4.78 is 5.66. The maximum Gasteiger partial charge on any atom is 0.195 e. The van der Waals surface area contributed by atoms with Gasteiger partial charge in [-0.25, -0.2) is 4.98 Å². The Morgan fingerprint density at radius 1 is 1.50 bits per heavy atom. The van der Waals surface area contributed by atoms with Gasteiger partial charge in [-0.15, -0.1) is 0 Å². The Bertz CT molecular complexity index is 281. The van der Waals surface area contributed by atoms with Gasteiger partial charge in [0.25, 0.3) is 0 Å². The van der Waals surface area contributed by atoms with Crippen molar-refractivity contribution in [1.82, 2.24) is 4.98 Å². The number of rotatable bonds is 3. The number of hydrogen-bond acceptors (Lipinski definition) is 4. The van der Waals surface area contributed by atoms with Crippen LogP contribution in [0.3, 0.4) is 0 Å². The highest BCUT2D eigenvalue weighted by Gasteiger charge is 2.19. The maximum absolute atomic E-state index is 5.66. The molecule has 1 aromatic rings. The monoisotopic (exact) mass is 212 g/mol. The molecule has 1 aliphatic rings. The van der Waals surface area contributed by atoms with E-state index in [2.05, 4.69) is 4.98 Å². The van der Waals surface area contributed by atoms with Gasteiger partial charge in [0.2, 0.25) is 0 Å². The zero-order valence-corrected chi connectivity index (χ0v) is 9.05. The number of nitrogens with zero attached hydrogens (tertiary/aromatic N) is 1. The summed E-state index contributed by atoms with van der Waals surface area (Å²) in [6.07, 6.45) is 5.08. The van der Waals surface area contributed by atoms with Gasteiger partial charge in [-0.05, 0) is 24.3 Å². The molecule has 0 atom stereocenters. The molecule has 0 aliphatic carbocycles. The Morgan fingerprint density at radius 2 is 2.29 bits per heavy atom. The SMILES string of the molecule is NCCc1ncc(C2CCSCC2)o1. The molecule has 1 saturated heterocycles. The molecular formula is C10H16N2OS. The highest BCUT2D eigenvalue weighted by molar-refractivity contribution is 7.99. The van der Waals surface area contributed by atoms with Crippen LogP contribution in [0.25, 0.3) is 0 Å². The van der Waals surface area contributed by atoms with Crippen LogP contribution >= 0.6 is 11.8 Å². The fourth-order valence-corrected chi connectivity index (χ4v) is 2.84. The molecule has 2 rings (SSSR count). The first kappa shape index (κ1) is 10.1. The molecule has 3 nitrogen and oxygen atoms in total. The van der Waals surface area contributed by atoms with Crippen LogP contribution in [0.2, 0.25) is 0 Å². The molecule has 0 radical (unpaired) electrons. The predicted octanol–water partition coefficient (Wildman–Crippen LogP) is 1.79. The van der Waals surface area contributed by atoms with Crippen molar-refractivity contribution in [3.8, 4) is 0 Å². The summed E-state index contributed by atoms with van der Waals surface area (Å²) in [5.74, 6) is 4.94. The van der Waals surface area contributed by atoms with Gasteiger partial charge in [-0.1, -0.05) is 0 Å². The third-order valence-corrected chi connectivity index (χ3v) is 3.60. The summed E-state index contributed by atoms with van der Waals surface area (Å²) in [6.45, 7) is 0.612. The summed E-state index contributed by atoms with van der Waals surface area (Å²) in [7, 11) is 0. The largest absolute Gasteiger partial charge is 0.445 e. The fraction of sp³-hybridized carbons (Fsp3) is 0.700. The number of thioether (sulfide) groups is 1. The molecule has 1 aromatic heterocycles. The van der Waals surface area contributed by atoms with Crippen molar-refractivity contribution >= 4 is 11.8 Å². The third-order valence-electron chi connectivity index (χ3n) is 2.55. The van der Waals surface area contributed by atoms with Crippen molar-refractivity contribution in [2.24, 2.45) is 5.73 Å². The van der Waals surface area contributed by atoms with E-state index in [-0.39, 0.29) is 0 Å². The zero-order valence-electron chi connectivity index (χ0n) is 8.24. The van der Waals surface area contributed by atoms with E-state index < -0.39 is 0 Å². The molecule has 0 spiro atoms. The Morgan fingerprint density at radius 3 is 3.00 bits per heavy atom. The fourth-order valence-electron chi connectivity index (χ4n) is 1.73. The molecule has 1 fully saturated rings. The van der Waals surface area contributed by atoms with Gasteiger partial charge in [0, 0.05) is 18.9 Å². The second-order valence-electron chi connectivity index (χ2n) is 3.58. The first-order chi connectivity index (χ1) is 6.90. The number of aromatic nitrogens is 1. The summed E-state index contributed by atoms with van der Waals surface area (Å²) >= 11 is 2.03. The maximum atomic E-state index is 5.66. The quantitative estimate of drug-likeness (QED) is 0.830. The van der Waals surface area contributed by atoms with Crippen LogP contribution < -0.4 is 5.73 Å². The van der Waals surface area contributed by atoms with Crippen molar-refractivity contribution in [3.63, 3.8) is 0 Å². The van der Waals surface area contributed by atoms with E-state index >= 15 is 0 Å². The molecule has 0 unspecified atom stereocenters. The van der Waals surface area contributed by atoms with Crippen LogP contribution in [-0.4, -0.2) is 23.0 Å². The minimum Gasteiger partial charge on any atom is -0.445 e. The first-order valence-corrected chi connectivity index (χ1v) is 6.28. The average Bonchev–Trinajstić information content (AvgIpc) is 2.68. The van der Waals surface area contributed by atoms with Crippen molar-refractivity contribution in [1.29, 1.82) is 0 Å². The van der Waals surface area contributed by atoms with Gasteiger partial charge >= 0.3 is 0 Å². The normalized spacial score (nSPS) is 18.6. The zero-order chi connectivity index (χ0) is 9.80. The van der Waals surface area contributed by atoms with E-state index in [1.54, 1.807) is 0 Å². The van der Waals surface area contributed by atoms with Crippen LogP contribution in [0.5, 0.6) is 0 Å². The third kappa shape index (κ3) is 2.30. The van der Waals surface area contributed by atoms with Crippen molar-refractivity contribution in [2.75, 3.05) is 18.1 Å². The molecule has 2 heterocycles. The van der Waals surface area contributed by atoms with Crippen LogP contribution in [0.1, 0.15) is 30.4 Å². The Balaban J connectivity index is 2.00. The summed E-state index contributed by atoms with van der Waals surface area (Å²) in [5.41, 5.74) is 5.44. The molecular weight excluding hydrogens is 196 g/mol. The van der Waals surface area contributed by atoms with Crippen LogP contribution in [0.15, 0.2) is 10.6 Å². The Hall–Kier alpha value is -0.480. The molecule has 0 saturated carbocycles. The standard InChI is InChI=1S/C10H16N2OS/c11-4-1-10-12-7-9(13-10)8-2-5-14-6-3-8/h7-8H,1-6,11H2. The van der Waals surface area contributed by atoms with Crippen LogP contribution in [-0.2, 0) is 6.42 Å². The number of oxazole rings is 1. The predicted molar refractivity (Wildman–Crippen MR) is 58.6 cm³/mol. The average molecular weight is 212 g/mol. The Labute approximate surface area is 88.5 Å². The van der Waals surface area contributed by atoms with Gasteiger partial charge in [0.05, 0.1) is 6.20 Å². The molecule has 1 aliphatic heterocycles. The van der Waals surface area contributed by atoms with Crippen LogP contribution in [0.4, 0.5) is 0 Å². The highest BCUT2D eigenvalue weighted by Crippen LogP contribution is 2.31. The summed E-state index contributed by atoms with van der Waals surface area (Å²) in [6, 6.07) is 0. The first-order valence-electron chi connectivity index (χ1n) is 5.12. The minimum absolute atomic E-state index is 0.593. The number of hydrogen-bond donors (Lipinski definition) is 1. The van der Waals surface area contributed by atoms with Gasteiger partial charge in [-0.2, -0.15) is 11.8 Å². The van der Waals surface area contributed by atoms with E-state index in [4.69, 9.17) is 10.2 Å². The summed E-state index contributed by atoms with van der Waals surface area (Å²) in [5, 5.41) is 0. The molecule has 0 aromatic carbocycles. The molecule has 2 N–H and O–H groups in total. The van der Waals surface area contributed by atoms with E-state index in [1.807, 2.05) is 18.0 Å². The van der Waals surface area contributed by atoms with Crippen molar-refractivity contribution in [3.05, 3.63) is 17.8 Å². The lowest BCUT2D eigenvalue weighted by molar-refractivity contribution is 0.413. The molecule has 78 valence electrons. The van der Waals surface area contributed by atoms with Crippen molar-refractivity contribution in [2.45, 2.75) is 25.2 Å². The lowest BCUT2D eigenvalue weighted by Crippen LogP contribution is -2.06. The van der Waals surface area contributed by atoms with Gasteiger partial charge in [0.1, 0.15) is 5.76 Å². The second-order valence-corrected chi connectivity index (χ2v) is 4.81. The van der Waals surface area contributed by atoms with Gasteiger partial charge < -0.3 is 10.2 Å². The van der Waals surface area contributed by atoms with E-state index in [1.165, 1.54) is 24.3 Å². The Kier molecular flexibility index (Phi) is 3.48. The molecule has 0 bridgehead atoms. The lowest BCUT2D eigenvalue weighted by atomic mass is 10.0. The summed E-state index contributed by atoms with van der Waals surface area (Å²) in [4.78, 5) is 4.23. The molecule has 0 amide bonds. The van der Waals surface area contributed by atoms with Crippen molar-refractivity contribution < 1.29 is 4.42 Å². The van der Waals surface area contributed by atoms with Gasteiger partial charge in [-0.3, -0.25) is 0 Å². The van der Waals surface area contributed by atoms with Crippen LogP contribution in [0, 0.1) is 0 Å². The molecule has 14 heavy (non-hydrogen) atoms. The smallest absolute Gasteiger partial charge is 0.195 e. The highest BCUT2D eigenvalue weighted by atomic mass is 32.2.